The molecule has 3 rings (SSSR count). The molecule has 0 fully saturated rings. The van der Waals surface area contributed by atoms with Crippen molar-refractivity contribution < 1.29 is 19.1 Å². The maximum absolute atomic E-state index is 12.3. The number of benzene rings is 2. The van der Waals surface area contributed by atoms with Gasteiger partial charge >= 0.3 is 5.97 Å². The molecular weight excluding hydrogens is 386 g/mol. The van der Waals surface area contributed by atoms with Crippen molar-refractivity contribution in [3.63, 3.8) is 0 Å². The fourth-order valence-electron chi connectivity index (χ4n) is 2.87. The van der Waals surface area contributed by atoms with Gasteiger partial charge in [-0.25, -0.2) is 4.79 Å². The molecule has 5 nitrogen and oxygen atoms in total. The first kappa shape index (κ1) is 20.7. The van der Waals surface area contributed by atoms with E-state index in [1.165, 1.54) is 11.3 Å². The van der Waals surface area contributed by atoms with Crippen molar-refractivity contribution in [2.45, 2.75) is 32.6 Å². The maximum atomic E-state index is 12.3. The van der Waals surface area contributed by atoms with Gasteiger partial charge in [-0.3, -0.25) is 9.59 Å². The van der Waals surface area contributed by atoms with Gasteiger partial charge in [0.2, 0.25) is 5.91 Å². The van der Waals surface area contributed by atoms with Gasteiger partial charge in [-0.1, -0.05) is 38.0 Å². The number of rotatable bonds is 9. The summed E-state index contributed by atoms with van der Waals surface area (Å²) in [7, 11) is 0. The quantitative estimate of drug-likeness (QED) is 0.289. The largest absolute Gasteiger partial charge is 0.453 e. The molecule has 6 heteroatoms. The molecule has 0 spiro atoms. The van der Waals surface area contributed by atoms with Gasteiger partial charge in [0.05, 0.1) is 0 Å². The summed E-state index contributed by atoms with van der Waals surface area (Å²) >= 11 is 1.34. The van der Waals surface area contributed by atoms with Crippen LogP contribution in [-0.4, -0.2) is 24.3 Å². The summed E-state index contributed by atoms with van der Waals surface area (Å²) in [6.07, 6.45) is 3.45. The average molecular weight is 410 g/mol. The van der Waals surface area contributed by atoms with E-state index in [0.29, 0.717) is 22.5 Å². The normalized spacial score (nSPS) is 10.7. The van der Waals surface area contributed by atoms with E-state index in [1.807, 2.05) is 24.3 Å². The highest BCUT2D eigenvalue weighted by Gasteiger charge is 2.14. The summed E-state index contributed by atoms with van der Waals surface area (Å²) in [6, 6.07) is 16.1. The van der Waals surface area contributed by atoms with Gasteiger partial charge in [0.25, 0.3) is 0 Å². The number of hydrogen-bond donors (Lipinski definition) is 1. The maximum Gasteiger partial charge on any atom is 0.348 e. The number of Topliss-reactive ketones (excluding diaryl/α,β-unsaturated/α-hetero) is 1. The Hall–Kier alpha value is -2.99. The summed E-state index contributed by atoms with van der Waals surface area (Å²) in [4.78, 5) is 36.8. The molecule has 0 bridgehead atoms. The molecule has 0 atom stereocenters. The van der Waals surface area contributed by atoms with Crippen LogP contribution in [-0.2, 0) is 9.53 Å². The minimum Gasteiger partial charge on any atom is -0.453 e. The van der Waals surface area contributed by atoms with E-state index >= 15 is 0 Å². The monoisotopic (exact) mass is 409 g/mol. The zero-order valence-electron chi connectivity index (χ0n) is 16.3. The molecule has 0 saturated heterocycles. The van der Waals surface area contributed by atoms with Gasteiger partial charge in [0.15, 0.2) is 12.4 Å². The third-order valence-electron chi connectivity index (χ3n) is 4.46. The van der Waals surface area contributed by atoms with Crippen LogP contribution >= 0.6 is 11.3 Å². The number of nitrogens with one attached hydrogen (secondary N) is 1. The summed E-state index contributed by atoms with van der Waals surface area (Å²) in [5.41, 5.74) is 1.07. The molecule has 0 unspecified atom stereocenters. The van der Waals surface area contributed by atoms with Crippen LogP contribution in [0.4, 0.5) is 5.69 Å². The standard InChI is InChI=1S/C23H23NO4S/c1-2-3-4-9-22(26)24-18-12-10-16(11-13-18)19(25)15-28-23(27)21-14-17-7-5-6-8-20(17)29-21/h5-8,10-14H,2-4,9,15H2,1H3,(H,24,26). The van der Waals surface area contributed by atoms with Gasteiger partial charge in [0.1, 0.15) is 4.88 Å². The van der Waals surface area contributed by atoms with Crippen LogP contribution in [0.25, 0.3) is 10.1 Å². The second-order valence-electron chi connectivity index (χ2n) is 6.73. The SMILES string of the molecule is CCCCCC(=O)Nc1ccc(C(=O)COC(=O)c2cc3ccccc3s2)cc1. The van der Waals surface area contributed by atoms with E-state index in [2.05, 4.69) is 12.2 Å². The number of carbonyl (C=O) groups excluding carboxylic acids is 3. The Kier molecular flexibility index (Phi) is 7.14. The first-order valence-corrected chi connectivity index (χ1v) is 10.5. The molecule has 29 heavy (non-hydrogen) atoms. The fourth-order valence-corrected chi connectivity index (χ4v) is 3.82. The summed E-state index contributed by atoms with van der Waals surface area (Å²) in [5, 5.41) is 3.79. The molecule has 1 aromatic heterocycles. The van der Waals surface area contributed by atoms with Crippen LogP contribution < -0.4 is 5.32 Å². The van der Waals surface area contributed by atoms with Gasteiger partial charge in [0, 0.05) is 22.4 Å². The molecule has 0 aliphatic heterocycles. The van der Waals surface area contributed by atoms with Crippen LogP contribution in [0.1, 0.15) is 52.6 Å². The predicted octanol–water partition coefficient (Wildman–Crippen LogP) is 5.46. The molecule has 1 N–H and O–H groups in total. The number of carbonyl (C=O) groups is 3. The lowest BCUT2D eigenvalue weighted by Gasteiger charge is -2.07. The molecule has 0 aliphatic rings. The van der Waals surface area contributed by atoms with Crippen LogP contribution in [0.2, 0.25) is 0 Å². The van der Waals surface area contributed by atoms with Crippen molar-refractivity contribution >= 4 is 44.8 Å². The first-order chi connectivity index (χ1) is 14.1. The Morgan fingerprint density at radius 1 is 1.00 bits per heavy atom. The Balaban J connectivity index is 1.51. The zero-order valence-corrected chi connectivity index (χ0v) is 17.1. The van der Waals surface area contributed by atoms with Gasteiger partial charge in [-0.05, 0) is 48.2 Å². The first-order valence-electron chi connectivity index (χ1n) is 9.65. The highest BCUT2D eigenvalue weighted by molar-refractivity contribution is 7.20. The van der Waals surface area contributed by atoms with E-state index in [-0.39, 0.29) is 18.3 Å². The molecule has 1 heterocycles. The minimum atomic E-state index is -0.504. The number of thiophene rings is 1. The van der Waals surface area contributed by atoms with E-state index < -0.39 is 5.97 Å². The van der Waals surface area contributed by atoms with Crippen molar-refractivity contribution in [2.24, 2.45) is 0 Å². The Morgan fingerprint density at radius 3 is 2.48 bits per heavy atom. The molecule has 1 amide bonds. The van der Waals surface area contributed by atoms with E-state index in [9.17, 15) is 14.4 Å². The number of hydrogen-bond acceptors (Lipinski definition) is 5. The average Bonchev–Trinajstić information content (AvgIpc) is 3.17. The van der Waals surface area contributed by atoms with Crippen molar-refractivity contribution in [1.82, 2.24) is 0 Å². The zero-order chi connectivity index (χ0) is 20.6. The summed E-state index contributed by atoms with van der Waals surface area (Å²) in [6.45, 7) is 1.77. The van der Waals surface area contributed by atoms with Gasteiger partial charge in [-0.2, -0.15) is 0 Å². The second-order valence-corrected chi connectivity index (χ2v) is 7.81. The van der Waals surface area contributed by atoms with Crippen LogP contribution in [0.15, 0.2) is 54.6 Å². The number of unbranched alkanes of at least 4 members (excludes halogenated alkanes) is 2. The molecular formula is C23H23NO4S. The van der Waals surface area contributed by atoms with Crippen LogP contribution in [0.3, 0.4) is 0 Å². The highest BCUT2D eigenvalue weighted by atomic mass is 32.1. The van der Waals surface area contributed by atoms with Crippen molar-refractivity contribution in [3.8, 4) is 0 Å². The molecule has 0 saturated carbocycles. The van der Waals surface area contributed by atoms with E-state index in [4.69, 9.17) is 4.74 Å². The van der Waals surface area contributed by atoms with E-state index in [1.54, 1.807) is 30.3 Å². The highest BCUT2D eigenvalue weighted by Crippen LogP contribution is 2.25. The van der Waals surface area contributed by atoms with Crippen molar-refractivity contribution in [2.75, 3.05) is 11.9 Å². The molecule has 2 aromatic carbocycles. The minimum absolute atomic E-state index is 0.0326. The molecule has 0 aliphatic carbocycles. The van der Waals surface area contributed by atoms with E-state index in [0.717, 1.165) is 29.3 Å². The number of ether oxygens (including phenoxy) is 1. The third kappa shape index (κ3) is 5.74. The fraction of sp³-hybridized carbons (Fsp3) is 0.261. The Labute approximate surface area is 173 Å². The van der Waals surface area contributed by atoms with Crippen LogP contribution in [0, 0.1) is 0 Å². The topological polar surface area (TPSA) is 72.5 Å². The molecule has 3 aromatic rings. The number of fused-ring (bicyclic) bond motifs is 1. The number of anilines is 1. The smallest absolute Gasteiger partial charge is 0.348 e. The number of ketones is 1. The number of esters is 1. The second kappa shape index (κ2) is 9.98. The van der Waals surface area contributed by atoms with Gasteiger partial charge in [-0.15, -0.1) is 11.3 Å². The lowest BCUT2D eigenvalue weighted by atomic mass is 10.1. The predicted molar refractivity (Wildman–Crippen MR) is 116 cm³/mol. The van der Waals surface area contributed by atoms with Crippen LogP contribution in [0.5, 0.6) is 0 Å². The lowest BCUT2D eigenvalue weighted by molar-refractivity contribution is -0.116. The third-order valence-corrected chi connectivity index (χ3v) is 5.56. The molecule has 150 valence electrons. The Bertz CT molecular complexity index is 974. The summed E-state index contributed by atoms with van der Waals surface area (Å²) < 4.78 is 6.17. The van der Waals surface area contributed by atoms with Crippen molar-refractivity contribution in [1.29, 1.82) is 0 Å². The summed E-state index contributed by atoms with van der Waals surface area (Å²) in [5.74, 6) is -0.828. The van der Waals surface area contributed by atoms with Crippen molar-refractivity contribution in [3.05, 3.63) is 65.0 Å². The lowest BCUT2D eigenvalue weighted by Crippen LogP contribution is -2.14. The number of amides is 1. The Morgan fingerprint density at radius 2 is 1.76 bits per heavy atom. The molecule has 0 radical (unpaired) electrons. The van der Waals surface area contributed by atoms with Gasteiger partial charge < -0.3 is 10.1 Å².